The summed E-state index contributed by atoms with van der Waals surface area (Å²) in [5.41, 5.74) is 3.12. The Kier molecular flexibility index (Phi) is 5.09. The molecule has 0 atom stereocenters. The number of likely N-dealkylation sites (tertiary alicyclic amines) is 1. The van der Waals surface area contributed by atoms with Gasteiger partial charge in [0.25, 0.3) is 0 Å². The van der Waals surface area contributed by atoms with Crippen molar-refractivity contribution in [3.05, 3.63) is 77.1 Å². The third-order valence-corrected chi connectivity index (χ3v) is 4.35. The number of piperidine rings is 1. The van der Waals surface area contributed by atoms with Gasteiger partial charge in [0.1, 0.15) is 11.6 Å². The van der Waals surface area contributed by atoms with Gasteiger partial charge in [-0.3, -0.25) is 4.90 Å². The van der Waals surface area contributed by atoms with Gasteiger partial charge in [0.2, 0.25) is 0 Å². The molecule has 2 nitrogen and oxygen atoms in total. The van der Waals surface area contributed by atoms with E-state index in [2.05, 4.69) is 29.2 Å². The van der Waals surface area contributed by atoms with Gasteiger partial charge in [-0.25, -0.2) is 4.39 Å². The summed E-state index contributed by atoms with van der Waals surface area (Å²) in [5.74, 6) is 0.492. The largest absolute Gasteiger partial charge is 0.496 e. The van der Waals surface area contributed by atoms with Crippen LogP contribution >= 0.6 is 0 Å². The Bertz CT molecular complexity index is 671. The van der Waals surface area contributed by atoms with Crippen LogP contribution in [0.25, 0.3) is 5.76 Å². The molecular formula is C20H22FNO. The van der Waals surface area contributed by atoms with Crippen LogP contribution in [0.4, 0.5) is 4.39 Å². The van der Waals surface area contributed by atoms with E-state index < -0.39 is 0 Å². The van der Waals surface area contributed by atoms with Crippen molar-refractivity contribution in [3.8, 4) is 0 Å². The van der Waals surface area contributed by atoms with E-state index >= 15 is 0 Å². The van der Waals surface area contributed by atoms with Crippen LogP contribution in [0, 0.1) is 5.82 Å². The van der Waals surface area contributed by atoms with E-state index in [1.54, 1.807) is 19.2 Å². The highest BCUT2D eigenvalue weighted by atomic mass is 19.1. The lowest BCUT2D eigenvalue weighted by atomic mass is 9.98. The molecule has 0 saturated carbocycles. The SMILES string of the molecule is COC(=C1CCN(Cc2ccccc2)CC1)c1ccccc1F. The number of benzene rings is 2. The van der Waals surface area contributed by atoms with Crippen LogP contribution in [0.15, 0.2) is 60.2 Å². The summed E-state index contributed by atoms with van der Waals surface area (Å²) in [6.45, 7) is 2.92. The lowest BCUT2D eigenvalue weighted by Crippen LogP contribution is -2.30. The van der Waals surface area contributed by atoms with Gasteiger partial charge in [0.05, 0.1) is 12.7 Å². The average Bonchev–Trinajstić information content (AvgIpc) is 2.59. The van der Waals surface area contributed by atoms with Gasteiger partial charge in [0.15, 0.2) is 0 Å². The number of nitrogens with zero attached hydrogens (tertiary/aromatic N) is 1. The molecule has 2 aromatic carbocycles. The molecule has 0 unspecified atom stereocenters. The Balaban J connectivity index is 1.70. The Hall–Kier alpha value is -2.13. The third-order valence-electron chi connectivity index (χ3n) is 4.35. The summed E-state index contributed by atoms with van der Waals surface area (Å²) in [6.07, 6.45) is 1.84. The first-order chi connectivity index (χ1) is 11.3. The van der Waals surface area contributed by atoms with Crippen LogP contribution in [0.5, 0.6) is 0 Å². The maximum atomic E-state index is 14.0. The summed E-state index contributed by atoms with van der Waals surface area (Å²) in [6, 6.07) is 17.3. The van der Waals surface area contributed by atoms with E-state index in [9.17, 15) is 4.39 Å². The zero-order valence-electron chi connectivity index (χ0n) is 13.5. The summed E-state index contributed by atoms with van der Waals surface area (Å²) in [4.78, 5) is 2.44. The van der Waals surface area contributed by atoms with Crippen LogP contribution in [-0.2, 0) is 11.3 Å². The zero-order chi connectivity index (χ0) is 16.1. The van der Waals surface area contributed by atoms with Crippen molar-refractivity contribution < 1.29 is 9.13 Å². The van der Waals surface area contributed by atoms with E-state index in [0.29, 0.717) is 11.3 Å². The van der Waals surface area contributed by atoms with E-state index in [1.165, 1.54) is 17.2 Å². The molecule has 1 saturated heterocycles. The number of ether oxygens (including phenoxy) is 1. The fraction of sp³-hybridized carbons (Fsp3) is 0.300. The minimum absolute atomic E-state index is 0.219. The van der Waals surface area contributed by atoms with Crippen LogP contribution < -0.4 is 0 Å². The van der Waals surface area contributed by atoms with E-state index in [4.69, 9.17) is 4.74 Å². The quantitative estimate of drug-likeness (QED) is 0.772. The molecule has 23 heavy (non-hydrogen) atoms. The van der Waals surface area contributed by atoms with Gasteiger partial charge < -0.3 is 4.74 Å². The molecule has 1 aliphatic rings. The van der Waals surface area contributed by atoms with Crippen LogP contribution in [0.2, 0.25) is 0 Å². The molecule has 1 aliphatic heterocycles. The fourth-order valence-corrected chi connectivity index (χ4v) is 3.14. The van der Waals surface area contributed by atoms with Crippen LogP contribution in [0.3, 0.4) is 0 Å². The van der Waals surface area contributed by atoms with E-state index in [-0.39, 0.29) is 5.82 Å². The second kappa shape index (κ2) is 7.42. The minimum Gasteiger partial charge on any atom is -0.496 e. The maximum absolute atomic E-state index is 14.0. The molecule has 1 fully saturated rings. The zero-order valence-corrected chi connectivity index (χ0v) is 13.5. The number of hydrogen-bond donors (Lipinski definition) is 0. The van der Waals surface area contributed by atoms with Gasteiger partial charge in [-0.15, -0.1) is 0 Å². The van der Waals surface area contributed by atoms with Crippen molar-refractivity contribution in [1.82, 2.24) is 4.90 Å². The molecule has 0 aliphatic carbocycles. The Morgan fingerprint density at radius 3 is 2.30 bits per heavy atom. The first-order valence-corrected chi connectivity index (χ1v) is 8.05. The molecule has 0 N–H and O–H groups in total. The Morgan fingerprint density at radius 1 is 1.00 bits per heavy atom. The van der Waals surface area contributed by atoms with Crippen molar-refractivity contribution in [2.75, 3.05) is 20.2 Å². The second-order valence-corrected chi connectivity index (χ2v) is 5.88. The molecule has 0 spiro atoms. The van der Waals surface area contributed by atoms with Gasteiger partial charge in [-0.05, 0) is 36.1 Å². The van der Waals surface area contributed by atoms with Crippen molar-refractivity contribution in [1.29, 1.82) is 0 Å². The second-order valence-electron chi connectivity index (χ2n) is 5.88. The molecule has 0 aromatic heterocycles. The first kappa shape index (κ1) is 15.8. The number of halogens is 1. The summed E-state index contributed by atoms with van der Waals surface area (Å²) in [7, 11) is 1.63. The summed E-state index contributed by atoms with van der Waals surface area (Å²) < 4.78 is 19.6. The Morgan fingerprint density at radius 2 is 1.65 bits per heavy atom. The number of hydrogen-bond acceptors (Lipinski definition) is 2. The summed E-state index contributed by atoms with van der Waals surface area (Å²) in [5, 5.41) is 0. The normalized spacial score (nSPS) is 15.5. The predicted molar refractivity (Wildman–Crippen MR) is 91.3 cm³/mol. The highest BCUT2D eigenvalue weighted by Crippen LogP contribution is 2.29. The summed E-state index contributed by atoms with van der Waals surface area (Å²) >= 11 is 0. The first-order valence-electron chi connectivity index (χ1n) is 8.05. The highest BCUT2D eigenvalue weighted by Gasteiger charge is 2.20. The highest BCUT2D eigenvalue weighted by molar-refractivity contribution is 5.63. The van der Waals surface area contributed by atoms with Gasteiger partial charge in [0, 0.05) is 19.6 Å². The third kappa shape index (κ3) is 3.80. The topological polar surface area (TPSA) is 12.5 Å². The molecule has 3 heteroatoms. The molecular weight excluding hydrogens is 289 g/mol. The standard InChI is InChI=1S/C20H22FNO/c1-23-20(18-9-5-6-10-19(18)21)17-11-13-22(14-12-17)15-16-7-3-2-4-8-16/h2-10H,11-15H2,1H3. The lowest BCUT2D eigenvalue weighted by molar-refractivity contribution is 0.244. The van der Waals surface area contributed by atoms with Gasteiger partial charge >= 0.3 is 0 Å². The molecule has 1 heterocycles. The number of methoxy groups -OCH3 is 1. The molecule has 0 bridgehead atoms. The van der Waals surface area contributed by atoms with Crippen molar-refractivity contribution in [2.45, 2.75) is 19.4 Å². The Labute approximate surface area is 137 Å². The monoisotopic (exact) mass is 311 g/mol. The molecule has 2 aromatic rings. The predicted octanol–water partition coefficient (Wildman–Crippen LogP) is 4.48. The average molecular weight is 311 g/mol. The van der Waals surface area contributed by atoms with Crippen molar-refractivity contribution in [3.63, 3.8) is 0 Å². The fourth-order valence-electron chi connectivity index (χ4n) is 3.14. The van der Waals surface area contributed by atoms with Crippen LogP contribution in [0.1, 0.15) is 24.0 Å². The molecule has 3 rings (SSSR count). The van der Waals surface area contributed by atoms with Gasteiger partial charge in [-0.1, -0.05) is 42.5 Å². The lowest BCUT2D eigenvalue weighted by Gasteiger charge is -2.29. The van der Waals surface area contributed by atoms with E-state index in [0.717, 1.165) is 32.5 Å². The molecule has 0 amide bonds. The molecule has 0 radical (unpaired) electrons. The molecule has 120 valence electrons. The van der Waals surface area contributed by atoms with E-state index in [1.807, 2.05) is 12.1 Å². The minimum atomic E-state index is -0.219. The van der Waals surface area contributed by atoms with Crippen molar-refractivity contribution in [2.24, 2.45) is 0 Å². The van der Waals surface area contributed by atoms with Crippen LogP contribution in [-0.4, -0.2) is 25.1 Å². The smallest absolute Gasteiger partial charge is 0.134 e. The maximum Gasteiger partial charge on any atom is 0.134 e. The van der Waals surface area contributed by atoms with Gasteiger partial charge in [-0.2, -0.15) is 0 Å². The van der Waals surface area contributed by atoms with Crippen molar-refractivity contribution >= 4 is 5.76 Å². The number of rotatable bonds is 4.